The van der Waals surface area contributed by atoms with Crippen LogP contribution < -0.4 is 5.32 Å². The summed E-state index contributed by atoms with van der Waals surface area (Å²) in [6.07, 6.45) is 5.37. The van der Waals surface area contributed by atoms with Crippen molar-refractivity contribution >= 4 is 10.0 Å². The first-order chi connectivity index (χ1) is 8.47. The lowest BCUT2D eigenvalue weighted by molar-refractivity contribution is 0.246. The Balaban J connectivity index is 2.41. The van der Waals surface area contributed by atoms with Crippen LogP contribution in [-0.2, 0) is 10.0 Å². The van der Waals surface area contributed by atoms with Crippen LogP contribution in [0.5, 0.6) is 0 Å². The van der Waals surface area contributed by atoms with Gasteiger partial charge in [0.2, 0.25) is 10.0 Å². The first-order valence-corrected chi connectivity index (χ1v) is 8.74. The zero-order valence-electron chi connectivity index (χ0n) is 12.0. The average Bonchev–Trinajstić information content (AvgIpc) is 2.35. The van der Waals surface area contributed by atoms with Gasteiger partial charge in [-0.3, -0.25) is 0 Å². The zero-order chi connectivity index (χ0) is 13.6. The van der Waals surface area contributed by atoms with Crippen molar-refractivity contribution in [3.05, 3.63) is 0 Å². The molecule has 108 valence electrons. The molecule has 0 heterocycles. The molecular weight excluding hydrogens is 248 g/mol. The van der Waals surface area contributed by atoms with Crippen molar-refractivity contribution < 1.29 is 8.42 Å². The summed E-state index contributed by atoms with van der Waals surface area (Å²) in [5, 5.41) is 3.15. The molecule has 0 aromatic rings. The summed E-state index contributed by atoms with van der Waals surface area (Å²) in [5.74, 6) is 0.971. The molecular formula is C13H28N2O2S. The molecule has 1 N–H and O–H groups in total. The summed E-state index contributed by atoms with van der Waals surface area (Å²) in [6.45, 7) is 5.78. The van der Waals surface area contributed by atoms with Crippen LogP contribution >= 0.6 is 0 Å². The van der Waals surface area contributed by atoms with Crippen molar-refractivity contribution in [3.8, 4) is 0 Å². The fraction of sp³-hybridized carbons (Fsp3) is 1.00. The highest BCUT2D eigenvalue weighted by Crippen LogP contribution is 2.27. The van der Waals surface area contributed by atoms with Crippen LogP contribution in [0.3, 0.4) is 0 Å². The highest BCUT2D eigenvalue weighted by molar-refractivity contribution is 7.89. The lowest BCUT2D eigenvalue weighted by atomic mass is 9.87. The third-order valence-electron chi connectivity index (χ3n) is 3.90. The van der Waals surface area contributed by atoms with Gasteiger partial charge in [-0.25, -0.2) is 12.7 Å². The Bertz CT molecular complexity index is 322. The van der Waals surface area contributed by atoms with Crippen LogP contribution in [0.4, 0.5) is 0 Å². The smallest absolute Gasteiger partial charge is 0.215 e. The van der Waals surface area contributed by atoms with Gasteiger partial charge in [0.1, 0.15) is 0 Å². The van der Waals surface area contributed by atoms with Crippen molar-refractivity contribution in [1.29, 1.82) is 0 Å². The fourth-order valence-electron chi connectivity index (χ4n) is 2.48. The normalized spacial score (nSPS) is 25.6. The molecule has 0 atom stereocenters. The van der Waals surface area contributed by atoms with E-state index < -0.39 is 10.0 Å². The van der Waals surface area contributed by atoms with E-state index >= 15 is 0 Å². The molecule has 1 aliphatic carbocycles. The van der Waals surface area contributed by atoms with Crippen LogP contribution in [0.15, 0.2) is 0 Å². The molecule has 0 radical (unpaired) electrons. The van der Waals surface area contributed by atoms with Crippen LogP contribution in [0.25, 0.3) is 0 Å². The first-order valence-electron chi connectivity index (χ1n) is 7.13. The van der Waals surface area contributed by atoms with Gasteiger partial charge >= 0.3 is 0 Å². The van der Waals surface area contributed by atoms with Gasteiger partial charge in [-0.05, 0) is 44.6 Å². The molecule has 0 saturated heterocycles. The minimum Gasteiger partial charge on any atom is -0.316 e. The molecule has 0 aliphatic heterocycles. The van der Waals surface area contributed by atoms with Gasteiger partial charge < -0.3 is 5.32 Å². The minimum atomic E-state index is -3.09. The van der Waals surface area contributed by atoms with Crippen molar-refractivity contribution in [1.82, 2.24) is 9.62 Å². The molecule has 18 heavy (non-hydrogen) atoms. The van der Waals surface area contributed by atoms with Gasteiger partial charge in [-0.15, -0.1) is 0 Å². The molecule has 0 aromatic heterocycles. The van der Waals surface area contributed by atoms with Crippen molar-refractivity contribution in [2.45, 2.75) is 52.0 Å². The third kappa shape index (κ3) is 4.86. The molecule has 4 nitrogen and oxygen atoms in total. The highest BCUT2D eigenvalue weighted by Gasteiger charge is 2.28. The maximum absolute atomic E-state index is 12.2. The van der Waals surface area contributed by atoms with Crippen molar-refractivity contribution in [2.24, 2.45) is 5.92 Å². The predicted molar refractivity (Wildman–Crippen MR) is 76.1 cm³/mol. The topological polar surface area (TPSA) is 49.4 Å². The van der Waals surface area contributed by atoms with E-state index in [1.165, 1.54) is 0 Å². The number of hydrogen-bond acceptors (Lipinski definition) is 3. The maximum Gasteiger partial charge on any atom is 0.215 e. The Kier molecular flexibility index (Phi) is 6.60. The summed E-state index contributed by atoms with van der Waals surface area (Å²) in [4.78, 5) is 0. The molecule has 0 bridgehead atoms. The second-order valence-electron chi connectivity index (χ2n) is 5.50. The second kappa shape index (κ2) is 7.46. The monoisotopic (exact) mass is 276 g/mol. The molecule has 1 aliphatic rings. The van der Waals surface area contributed by atoms with E-state index in [0.717, 1.165) is 44.6 Å². The number of nitrogens with zero attached hydrogens (tertiary/aromatic N) is 1. The zero-order valence-corrected chi connectivity index (χ0v) is 12.8. The summed E-state index contributed by atoms with van der Waals surface area (Å²) >= 11 is 0. The van der Waals surface area contributed by atoms with Gasteiger partial charge in [0.15, 0.2) is 0 Å². The number of nitrogens with one attached hydrogen (secondary N) is 1. The highest BCUT2D eigenvalue weighted by atomic mass is 32.2. The lowest BCUT2D eigenvalue weighted by Gasteiger charge is -2.32. The van der Waals surface area contributed by atoms with E-state index in [9.17, 15) is 8.42 Å². The quantitative estimate of drug-likeness (QED) is 0.722. The average molecular weight is 276 g/mol. The van der Waals surface area contributed by atoms with Crippen molar-refractivity contribution in [3.63, 3.8) is 0 Å². The number of hydrogen-bond donors (Lipinski definition) is 1. The van der Waals surface area contributed by atoms with Crippen LogP contribution in [0, 0.1) is 5.92 Å². The van der Waals surface area contributed by atoms with Crippen molar-refractivity contribution in [2.75, 3.05) is 25.9 Å². The van der Waals surface area contributed by atoms with E-state index in [0.29, 0.717) is 6.54 Å². The molecule has 0 amide bonds. The Morgan fingerprint density at radius 3 is 2.33 bits per heavy atom. The van der Waals surface area contributed by atoms with Gasteiger partial charge in [0.05, 0.1) is 5.75 Å². The Hall–Kier alpha value is -0.130. The summed E-state index contributed by atoms with van der Waals surface area (Å²) in [7, 11) is -1.34. The van der Waals surface area contributed by atoms with Gasteiger partial charge in [0.25, 0.3) is 0 Å². The van der Waals surface area contributed by atoms with E-state index in [1.54, 1.807) is 11.4 Å². The molecule has 0 spiro atoms. The van der Waals surface area contributed by atoms with Gasteiger partial charge in [0, 0.05) is 19.6 Å². The number of sulfonamides is 1. The van der Waals surface area contributed by atoms with E-state index in [1.807, 2.05) is 0 Å². The molecule has 1 saturated carbocycles. The summed E-state index contributed by atoms with van der Waals surface area (Å²) < 4.78 is 25.9. The molecule has 1 rings (SSSR count). The van der Waals surface area contributed by atoms with E-state index in [4.69, 9.17) is 0 Å². The maximum atomic E-state index is 12.2. The fourth-order valence-corrected chi connectivity index (χ4v) is 3.84. The predicted octanol–water partition coefficient (Wildman–Crippen LogP) is 1.83. The van der Waals surface area contributed by atoms with E-state index in [-0.39, 0.29) is 11.8 Å². The molecule has 5 heteroatoms. The minimum absolute atomic E-state index is 0.218. The summed E-state index contributed by atoms with van der Waals surface area (Å²) in [6, 6.07) is 0.220. The second-order valence-corrected chi connectivity index (χ2v) is 7.64. The Labute approximate surface area is 112 Å². The SMILES string of the molecule is CCCNCCS(=O)(=O)N(C)C1CCC(C)CC1. The third-order valence-corrected chi connectivity index (χ3v) is 5.80. The lowest BCUT2D eigenvalue weighted by Crippen LogP contribution is -2.42. The molecule has 1 fully saturated rings. The van der Waals surface area contributed by atoms with E-state index in [2.05, 4.69) is 19.2 Å². The molecule has 0 unspecified atom stereocenters. The largest absolute Gasteiger partial charge is 0.316 e. The first kappa shape index (κ1) is 15.9. The summed E-state index contributed by atoms with van der Waals surface area (Å²) in [5.41, 5.74) is 0. The van der Waals surface area contributed by atoms with Crippen LogP contribution in [0.1, 0.15) is 46.0 Å². The molecule has 0 aromatic carbocycles. The van der Waals surface area contributed by atoms with Gasteiger partial charge in [-0.1, -0.05) is 13.8 Å². The van der Waals surface area contributed by atoms with Gasteiger partial charge in [-0.2, -0.15) is 0 Å². The number of rotatable bonds is 7. The standard InChI is InChI=1S/C13H28N2O2S/c1-4-9-14-10-11-18(16,17)15(3)13-7-5-12(2)6-8-13/h12-14H,4-11H2,1-3H3. The Morgan fingerprint density at radius 2 is 1.78 bits per heavy atom. The Morgan fingerprint density at radius 1 is 1.17 bits per heavy atom. The van der Waals surface area contributed by atoms with Crippen LogP contribution in [0.2, 0.25) is 0 Å². The van der Waals surface area contributed by atoms with Crippen LogP contribution in [-0.4, -0.2) is 44.7 Å².